The molecule has 0 aliphatic heterocycles. The maximum atomic E-state index is 13.4. The van der Waals surface area contributed by atoms with Gasteiger partial charge in [0.2, 0.25) is 6.79 Å². The van der Waals surface area contributed by atoms with E-state index >= 15 is 0 Å². The van der Waals surface area contributed by atoms with Gasteiger partial charge in [0.15, 0.2) is 5.92 Å². The molecule has 63 heavy (non-hydrogen) atoms. The minimum absolute atomic E-state index is 0.0831. The minimum atomic E-state index is -1.06. The Hall–Kier alpha value is -4.34. The van der Waals surface area contributed by atoms with Crippen molar-refractivity contribution >= 4 is 30.0 Å². The Bertz CT molecular complexity index is 1520. The van der Waals surface area contributed by atoms with Gasteiger partial charge >= 0.3 is 23.9 Å². The summed E-state index contributed by atoms with van der Waals surface area (Å²) in [5, 5.41) is 0. The van der Waals surface area contributed by atoms with Crippen LogP contribution >= 0.6 is 0 Å². The van der Waals surface area contributed by atoms with E-state index in [2.05, 4.69) is 55.4 Å². The zero-order chi connectivity index (χ0) is 46.2. The number of unbranched alkanes of at least 4 members (excludes halogenated alkanes) is 4. The molecule has 10 heteroatoms. The van der Waals surface area contributed by atoms with Gasteiger partial charge in [-0.2, -0.15) is 0 Å². The van der Waals surface area contributed by atoms with Crippen LogP contribution in [0.3, 0.4) is 0 Å². The summed E-state index contributed by atoms with van der Waals surface area (Å²) in [5.41, 5.74) is 1.26. The Morgan fingerprint density at radius 3 is 1.17 bits per heavy atom. The summed E-state index contributed by atoms with van der Waals surface area (Å²) < 4.78 is 34.6. The van der Waals surface area contributed by atoms with Crippen LogP contribution in [-0.2, 0) is 44.5 Å². The first kappa shape index (κ1) is 54.8. The largest absolute Gasteiger partial charge is 0.465 e. The van der Waals surface area contributed by atoms with Gasteiger partial charge in [0.25, 0.3) is 0 Å². The molecule has 0 bridgehead atoms. The van der Waals surface area contributed by atoms with Gasteiger partial charge in [0, 0.05) is 0 Å². The van der Waals surface area contributed by atoms with Crippen molar-refractivity contribution in [1.82, 2.24) is 0 Å². The Morgan fingerprint density at radius 1 is 0.476 bits per heavy atom. The number of carbonyl (C=O) groups excluding carboxylic acids is 4. The Labute approximate surface area is 380 Å². The zero-order valence-corrected chi connectivity index (χ0v) is 40.2. The second-order valence-electron chi connectivity index (χ2n) is 17.1. The molecule has 0 aliphatic carbocycles. The predicted molar refractivity (Wildman–Crippen MR) is 251 cm³/mol. The third-order valence-corrected chi connectivity index (χ3v) is 12.0. The van der Waals surface area contributed by atoms with E-state index in [0.717, 1.165) is 108 Å². The molecule has 354 valence electrons. The van der Waals surface area contributed by atoms with Crippen LogP contribution in [0.2, 0.25) is 0 Å². The first-order valence-corrected chi connectivity index (χ1v) is 24.4. The molecule has 4 unspecified atom stereocenters. The minimum Gasteiger partial charge on any atom is -0.465 e. The van der Waals surface area contributed by atoms with E-state index in [-0.39, 0.29) is 55.7 Å². The lowest BCUT2D eigenvalue weighted by Crippen LogP contribution is -2.32. The second kappa shape index (κ2) is 33.2. The lowest BCUT2D eigenvalue weighted by Gasteiger charge is -2.20. The molecule has 0 spiro atoms. The summed E-state index contributed by atoms with van der Waals surface area (Å²) >= 11 is 0. The van der Waals surface area contributed by atoms with E-state index in [9.17, 15) is 19.2 Å². The molecule has 10 nitrogen and oxygen atoms in total. The number of hydrogen-bond donors (Lipinski definition) is 0. The topological polar surface area (TPSA) is 124 Å². The van der Waals surface area contributed by atoms with Crippen LogP contribution < -0.4 is 9.47 Å². The van der Waals surface area contributed by atoms with Gasteiger partial charge in [-0.3, -0.25) is 9.59 Å². The Balaban J connectivity index is 2.11. The van der Waals surface area contributed by atoms with Crippen molar-refractivity contribution in [1.29, 1.82) is 0 Å². The van der Waals surface area contributed by atoms with Crippen molar-refractivity contribution in [2.75, 3.05) is 33.2 Å². The van der Waals surface area contributed by atoms with Crippen molar-refractivity contribution in [3.8, 4) is 11.5 Å². The van der Waals surface area contributed by atoms with Crippen molar-refractivity contribution in [3.05, 3.63) is 65.2 Å². The van der Waals surface area contributed by atoms with Gasteiger partial charge in [-0.05, 0) is 97.2 Å². The first-order chi connectivity index (χ1) is 30.5. The smallest absolute Gasteiger partial charge is 0.345 e. The predicted octanol–water partition coefficient (Wildman–Crippen LogP) is 12.7. The molecule has 2 rings (SSSR count). The fraction of sp³-hybridized carbons (Fsp3) is 0.660. The molecule has 4 atom stereocenters. The lowest BCUT2D eigenvalue weighted by molar-refractivity contribution is -0.164. The maximum Gasteiger partial charge on any atom is 0.345 e. The van der Waals surface area contributed by atoms with Gasteiger partial charge in [-0.25, -0.2) is 9.59 Å². The highest BCUT2D eigenvalue weighted by atomic mass is 16.7. The summed E-state index contributed by atoms with van der Waals surface area (Å²) in [7, 11) is 0. The second-order valence-corrected chi connectivity index (χ2v) is 17.1. The molecule has 0 saturated carbocycles. The monoisotopic (exact) mass is 879 g/mol. The number of benzene rings is 2. The summed E-state index contributed by atoms with van der Waals surface area (Å²) in [4.78, 5) is 53.5. The average molecular weight is 879 g/mol. The fourth-order valence-corrected chi connectivity index (χ4v) is 7.15. The molecule has 0 aromatic heterocycles. The highest BCUT2D eigenvalue weighted by molar-refractivity contribution is 6.17. The van der Waals surface area contributed by atoms with Crippen LogP contribution in [0.4, 0.5) is 0 Å². The van der Waals surface area contributed by atoms with E-state index in [0.29, 0.717) is 30.3 Å². The summed E-state index contributed by atoms with van der Waals surface area (Å²) in [6.07, 6.45) is 17.7. The van der Waals surface area contributed by atoms with Crippen molar-refractivity contribution in [2.24, 2.45) is 29.6 Å². The highest BCUT2D eigenvalue weighted by Gasteiger charge is 2.31. The number of rotatable bonds is 35. The van der Waals surface area contributed by atoms with Crippen LogP contribution in [0.5, 0.6) is 11.5 Å². The number of hydrogen-bond acceptors (Lipinski definition) is 10. The van der Waals surface area contributed by atoms with Gasteiger partial charge in [0.1, 0.15) is 17.1 Å². The van der Waals surface area contributed by atoms with E-state index in [1.165, 1.54) is 6.08 Å². The normalized spacial score (nSPS) is 13.5. The summed E-state index contributed by atoms with van der Waals surface area (Å²) in [6.45, 7) is 17.9. The van der Waals surface area contributed by atoms with Crippen molar-refractivity contribution in [3.63, 3.8) is 0 Å². The molecule has 0 amide bonds. The highest BCUT2D eigenvalue weighted by Crippen LogP contribution is 2.23. The third-order valence-electron chi connectivity index (χ3n) is 12.0. The SMILES string of the molecule is CCCCC(CC)COC(=O)C(=Cc1ccc(OCOc2ccc(CC(C(=O)OCC(CC)CCCC)C(=O)OCC(CC)CCCC)cc2)cc1)C(=O)OCC(CC)CCCC. The average Bonchev–Trinajstić information content (AvgIpc) is 3.30. The molecule has 0 fully saturated rings. The van der Waals surface area contributed by atoms with Crippen LogP contribution in [0.15, 0.2) is 54.1 Å². The Morgan fingerprint density at radius 2 is 0.825 bits per heavy atom. The van der Waals surface area contributed by atoms with E-state index in [1.54, 1.807) is 36.4 Å². The maximum absolute atomic E-state index is 13.4. The lowest BCUT2D eigenvalue weighted by atomic mass is 9.98. The fourth-order valence-electron chi connectivity index (χ4n) is 7.15. The van der Waals surface area contributed by atoms with Gasteiger partial charge in [-0.1, -0.05) is 157 Å². The first-order valence-electron chi connectivity index (χ1n) is 24.4. The number of esters is 4. The number of ether oxygens (including phenoxy) is 6. The third kappa shape index (κ3) is 22.2. The molecular formula is C53H82O10. The van der Waals surface area contributed by atoms with Crippen molar-refractivity contribution in [2.45, 2.75) is 165 Å². The zero-order valence-electron chi connectivity index (χ0n) is 40.2. The van der Waals surface area contributed by atoms with Crippen LogP contribution in [0, 0.1) is 29.6 Å². The van der Waals surface area contributed by atoms with Crippen LogP contribution in [0.25, 0.3) is 6.08 Å². The molecule has 0 saturated heterocycles. The van der Waals surface area contributed by atoms with E-state index in [4.69, 9.17) is 28.4 Å². The Kier molecular flexibility index (Phi) is 28.9. The van der Waals surface area contributed by atoms with Gasteiger partial charge in [-0.15, -0.1) is 0 Å². The quantitative estimate of drug-likeness (QED) is 0.0165. The van der Waals surface area contributed by atoms with Crippen molar-refractivity contribution < 1.29 is 47.6 Å². The molecular weight excluding hydrogens is 797 g/mol. The molecule has 0 aliphatic rings. The van der Waals surface area contributed by atoms with Crippen LogP contribution in [0.1, 0.15) is 169 Å². The van der Waals surface area contributed by atoms with E-state index in [1.807, 2.05) is 12.1 Å². The van der Waals surface area contributed by atoms with Gasteiger partial charge in [0.05, 0.1) is 26.4 Å². The van der Waals surface area contributed by atoms with Gasteiger partial charge < -0.3 is 28.4 Å². The van der Waals surface area contributed by atoms with E-state index < -0.39 is 29.8 Å². The standard InChI is InChI=1S/C53H82O10/c1-9-17-21-40(13-5)35-58-50(54)48(51(55)59-36-41(14-6)22-18-10-2)33-44-25-29-46(30-26-44)62-39-63-47-31-27-45(28-32-47)34-49(52(56)60-37-42(15-7)23-19-11-3)53(57)61-38-43(16-8)24-20-12-4/h25-33,40-43,49H,9-24,34-39H2,1-8H3. The molecule has 0 N–H and O–H groups in total. The summed E-state index contributed by atoms with van der Waals surface area (Å²) in [5.74, 6) is -1.47. The van der Waals surface area contributed by atoms with Crippen LogP contribution in [-0.4, -0.2) is 57.1 Å². The molecule has 2 aromatic rings. The molecule has 0 radical (unpaired) electrons. The molecule has 0 heterocycles. The number of carbonyl (C=O) groups is 4. The molecule has 2 aromatic carbocycles. The summed E-state index contributed by atoms with van der Waals surface area (Å²) in [6, 6.07) is 14.2.